The van der Waals surface area contributed by atoms with Gasteiger partial charge in [0, 0.05) is 12.5 Å². The summed E-state index contributed by atoms with van der Waals surface area (Å²) in [6.07, 6.45) is 2.46. The lowest BCUT2D eigenvalue weighted by Gasteiger charge is -2.33. The van der Waals surface area contributed by atoms with Crippen LogP contribution in [-0.2, 0) is 19.1 Å². The maximum absolute atomic E-state index is 11.4. The van der Waals surface area contributed by atoms with Crippen molar-refractivity contribution in [2.75, 3.05) is 0 Å². The summed E-state index contributed by atoms with van der Waals surface area (Å²) in [6.45, 7) is 6.60. The van der Waals surface area contributed by atoms with Crippen molar-refractivity contribution < 1.29 is 29.3 Å². The van der Waals surface area contributed by atoms with Crippen molar-refractivity contribution in [3.05, 3.63) is 12.7 Å². The topological polar surface area (TPSA) is 136 Å². The SMILES string of the molecule is C=CC(=O)OC(C)(CC)C(CCCCC(=O)O)C(=O)O.N. The van der Waals surface area contributed by atoms with E-state index in [1.54, 1.807) is 13.8 Å². The van der Waals surface area contributed by atoms with Gasteiger partial charge < -0.3 is 21.1 Å². The molecule has 2 atom stereocenters. The van der Waals surface area contributed by atoms with Gasteiger partial charge in [-0.25, -0.2) is 4.79 Å². The molecule has 0 aliphatic carbocycles. The summed E-state index contributed by atoms with van der Waals surface area (Å²) in [5.41, 5.74) is -1.12. The van der Waals surface area contributed by atoms with Crippen molar-refractivity contribution in [3.63, 3.8) is 0 Å². The van der Waals surface area contributed by atoms with Crippen molar-refractivity contribution >= 4 is 17.9 Å². The van der Waals surface area contributed by atoms with Gasteiger partial charge in [0.15, 0.2) is 0 Å². The molecule has 21 heavy (non-hydrogen) atoms. The highest BCUT2D eigenvalue weighted by Crippen LogP contribution is 2.30. The zero-order chi connectivity index (χ0) is 15.8. The molecule has 0 heterocycles. The average molecular weight is 303 g/mol. The molecule has 2 unspecified atom stereocenters. The highest BCUT2D eigenvalue weighted by Gasteiger charge is 2.40. The molecule has 0 rings (SSSR count). The summed E-state index contributed by atoms with van der Waals surface area (Å²) in [5, 5.41) is 17.8. The van der Waals surface area contributed by atoms with Crippen LogP contribution < -0.4 is 6.15 Å². The van der Waals surface area contributed by atoms with Gasteiger partial charge in [0.25, 0.3) is 0 Å². The molecule has 7 nitrogen and oxygen atoms in total. The van der Waals surface area contributed by atoms with Gasteiger partial charge >= 0.3 is 17.9 Å². The largest absolute Gasteiger partial charge is 0.481 e. The third-order valence-corrected chi connectivity index (χ3v) is 3.37. The van der Waals surface area contributed by atoms with E-state index in [4.69, 9.17) is 9.84 Å². The van der Waals surface area contributed by atoms with E-state index in [1.165, 1.54) is 0 Å². The molecule has 0 aromatic carbocycles. The molecule has 0 saturated carbocycles. The number of aliphatic carboxylic acids is 2. The van der Waals surface area contributed by atoms with Gasteiger partial charge in [0.05, 0.1) is 5.92 Å². The van der Waals surface area contributed by atoms with E-state index < -0.39 is 29.4 Å². The zero-order valence-electron chi connectivity index (χ0n) is 12.6. The van der Waals surface area contributed by atoms with Crippen LogP contribution >= 0.6 is 0 Å². The van der Waals surface area contributed by atoms with E-state index in [0.717, 1.165) is 6.08 Å². The van der Waals surface area contributed by atoms with Crippen LogP contribution in [-0.4, -0.2) is 33.7 Å². The van der Waals surface area contributed by atoms with Crippen molar-refractivity contribution in [2.24, 2.45) is 5.92 Å². The second-order valence-corrected chi connectivity index (χ2v) is 4.82. The number of ether oxygens (including phenoxy) is 1. The van der Waals surface area contributed by atoms with Crippen LogP contribution in [0.15, 0.2) is 12.7 Å². The van der Waals surface area contributed by atoms with Crippen LogP contribution in [0.3, 0.4) is 0 Å². The number of hydrogen-bond donors (Lipinski definition) is 3. The second-order valence-electron chi connectivity index (χ2n) is 4.82. The van der Waals surface area contributed by atoms with Crippen LogP contribution in [0.25, 0.3) is 0 Å². The number of esters is 1. The summed E-state index contributed by atoms with van der Waals surface area (Å²) < 4.78 is 5.18. The van der Waals surface area contributed by atoms with Crippen molar-refractivity contribution in [1.29, 1.82) is 0 Å². The van der Waals surface area contributed by atoms with E-state index in [1.807, 2.05) is 0 Å². The Bertz CT molecular complexity index is 382. The lowest BCUT2D eigenvalue weighted by atomic mass is 9.82. The standard InChI is InChI=1S/C14H22O6.H3N/c1-4-12(17)20-14(3,5-2)10(13(18)19)8-6-7-9-11(15)16;/h4,10H,1,5-9H2,2-3H3,(H,15,16)(H,18,19);1H3. The first-order chi connectivity index (χ1) is 9.26. The fourth-order valence-electron chi connectivity index (χ4n) is 1.98. The first-order valence-electron chi connectivity index (χ1n) is 6.56. The summed E-state index contributed by atoms with van der Waals surface area (Å²) in [6, 6.07) is 0. The molecule has 0 radical (unpaired) electrons. The second kappa shape index (κ2) is 9.93. The number of hydrogen-bond acceptors (Lipinski definition) is 5. The fourth-order valence-corrected chi connectivity index (χ4v) is 1.98. The summed E-state index contributed by atoms with van der Waals surface area (Å²) >= 11 is 0. The highest BCUT2D eigenvalue weighted by atomic mass is 16.6. The maximum Gasteiger partial charge on any atom is 0.330 e. The normalized spacial score (nSPS) is 14.2. The van der Waals surface area contributed by atoms with E-state index in [2.05, 4.69) is 6.58 Å². The summed E-state index contributed by atoms with van der Waals surface area (Å²) in [5.74, 6) is -3.49. The van der Waals surface area contributed by atoms with Crippen molar-refractivity contribution in [2.45, 2.75) is 51.6 Å². The van der Waals surface area contributed by atoms with Gasteiger partial charge in [0.1, 0.15) is 5.60 Å². The first-order valence-corrected chi connectivity index (χ1v) is 6.56. The highest BCUT2D eigenvalue weighted by molar-refractivity contribution is 5.82. The van der Waals surface area contributed by atoms with Gasteiger partial charge in [-0.2, -0.15) is 0 Å². The predicted molar refractivity (Wildman–Crippen MR) is 77.2 cm³/mol. The van der Waals surface area contributed by atoms with E-state index in [-0.39, 0.29) is 19.0 Å². The molecule has 5 N–H and O–H groups in total. The number of unbranched alkanes of at least 4 members (excludes halogenated alkanes) is 1. The predicted octanol–water partition coefficient (Wildman–Crippen LogP) is 2.39. The Kier molecular flexibility index (Phi) is 10.1. The molecule has 0 aromatic heterocycles. The number of carbonyl (C=O) groups excluding carboxylic acids is 1. The number of carboxylic acid groups (broad SMARTS) is 2. The Balaban J connectivity index is 0. The molecular formula is C14H25NO6. The molecular weight excluding hydrogens is 278 g/mol. The molecule has 0 amide bonds. The summed E-state index contributed by atoms with van der Waals surface area (Å²) in [4.78, 5) is 33.1. The number of carbonyl (C=O) groups is 3. The summed E-state index contributed by atoms with van der Waals surface area (Å²) in [7, 11) is 0. The van der Waals surface area contributed by atoms with Crippen LogP contribution in [0.5, 0.6) is 0 Å². The molecule has 0 aliphatic heterocycles. The van der Waals surface area contributed by atoms with Crippen LogP contribution in [0.4, 0.5) is 0 Å². The third kappa shape index (κ3) is 7.45. The Labute approximate surface area is 124 Å². The maximum atomic E-state index is 11.4. The van der Waals surface area contributed by atoms with Gasteiger partial charge in [-0.1, -0.05) is 19.9 Å². The van der Waals surface area contributed by atoms with Crippen molar-refractivity contribution in [1.82, 2.24) is 6.15 Å². The minimum atomic E-state index is -1.12. The molecule has 7 heteroatoms. The van der Waals surface area contributed by atoms with Gasteiger partial charge in [-0.05, 0) is 26.2 Å². The Morgan fingerprint density at radius 3 is 2.24 bits per heavy atom. The molecule has 0 fully saturated rings. The number of carboxylic acids is 2. The van der Waals surface area contributed by atoms with E-state index in [0.29, 0.717) is 19.3 Å². The van der Waals surface area contributed by atoms with Crippen LogP contribution in [0.2, 0.25) is 0 Å². The zero-order valence-corrected chi connectivity index (χ0v) is 12.6. The lowest BCUT2D eigenvalue weighted by Crippen LogP contribution is -2.43. The molecule has 0 saturated heterocycles. The van der Waals surface area contributed by atoms with E-state index >= 15 is 0 Å². The minimum absolute atomic E-state index is 0. The van der Waals surface area contributed by atoms with Gasteiger partial charge in [-0.15, -0.1) is 0 Å². The third-order valence-electron chi connectivity index (χ3n) is 3.37. The Morgan fingerprint density at radius 1 is 1.29 bits per heavy atom. The first kappa shape index (κ1) is 21.4. The Morgan fingerprint density at radius 2 is 1.86 bits per heavy atom. The molecule has 122 valence electrons. The number of rotatable bonds is 10. The monoisotopic (exact) mass is 303 g/mol. The van der Waals surface area contributed by atoms with E-state index in [9.17, 15) is 19.5 Å². The quantitative estimate of drug-likeness (QED) is 0.320. The van der Waals surface area contributed by atoms with Crippen molar-refractivity contribution in [3.8, 4) is 0 Å². The Hall–Kier alpha value is -1.89. The average Bonchev–Trinajstić information content (AvgIpc) is 2.37. The molecule has 0 bridgehead atoms. The smallest absolute Gasteiger partial charge is 0.330 e. The van der Waals surface area contributed by atoms with Gasteiger partial charge in [0.2, 0.25) is 0 Å². The fraction of sp³-hybridized carbons (Fsp3) is 0.643. The van der Waals surface area contributed by atoms with Crippen LogP contribution in [0, 0.1) is 5.92 Å². The van der Waals surface area contributed by atoms with Gasteiger partial charge in [-0.3, -0.25) is 9.59 Å². The lowest BCUT2D eigenvalue weighted by molar-refractivity contribution is -0.168. The van der Waals surface area contributed by atoms with Crippen LogP contribution in [0.1, 0.15) is 46.0 Å². The molecule has 0 aliphatic rings. The minimum Gasteiger partial charge on any atom is -0.481 e. The molecule has 0 aromatic rings. The molecule has 0 spiro atoms.